The quantitative estimate of drug-likeness (QED) is 0.393. The molecule has 1 unspecified atom stereocenters. The first-order valence-corrected chi connectivity index (χ1v) is 10.9. The highest BCUT2D eigenvalue weighted by molar-refractivity contribution is 5.79. The van der Waals surface area contributed by atoms with E-state index in [0.717, 1.165) is 32.2 Å². The molecular weight excluding hydrogens is 338 g/mol. The molecule has 1 atom stereocenters. The van der Waals surface area contributed by atoms with Crippen molar-refractivity contribution in [2.24, 2.45) is 11.3 Å². The van der Waals surface area contributed by atoms with Gasteiger partial charge in [0.15, 0.2) is 0 Å². The van der Waals surface area contributed by atoms with E-state index in [1.54, 1.807) is 7.11 Å². The second-order valence-electron chi connectivity index (χ2n) is 8.94. The van der Waals surface area contributed by atoms with Gasteiger partial charge in [-0.05, 0) is 33.6 Å². The number of hydrogen-bond donors (Lipinski definition) is 0. The summed E-state index contributed by atoms with van der Waals surface area (Å²) >= 11 is 0. The van der Waals surface area contributed by atoms with Crippen LogP contribution in [0.1, 0.15) is 94.4 Å². The molecule has 0 aliphatic heterocycles. The molecule has 4 nitrogen and oxygen atoms in total. The molecule has 0 bridgehead atoms. The van der Waals surface area contributed by atoms with Crippen molar-refractivity contribution in [1.82, 2.24) is 4.90 Å². The highest BCUT2D eigenvalue weighted by atomic mass is 16.5. The molecule has 0 rings (SSSR count). The second kappa shape index (κ2) is 15.3. The van der Waals surface area contributed by atoms with Crippen molar-refractivity contribution in [1.29, 1.82) is 0 Å². The Morgan fingerprint density at radius 1 is 0.963 bits per heavy atom. The van der Waals surface area contributed by atoms with E-state index >= 15 is 0 Å². The summed E-state index contributed by atoms with van der Waals surface area (Å²) in [6, 6.07) is 0. The van der Waals surface area contributed by atoms with E-state index in [1.165, 1.54) is 6.42 Å². The minimum Gasteiger partial charge on any atom is -0.384 e. The number of amides is 1. The summed E-state index contributed by atoms with van der Waals surface area (Å²) in [5.74, 6) is 0.410. The topological polar surface area (TPSA) is 38.8 Å². The predicted octanol–water partition coefficient (Wildman–Crippen LogP) is 5.94. The lowest BCUT2D eigenvalue weighted by Crippen LogP contribution is -2.52. The molecule has 0 heterocycles. The Morgan fingerprint density at radius 2 is 1.52 bits per heavy atom. The number of carbonyl (C=O) groups excluding carboxylic acids is 1. The smallest absolute Gasteiger partial charge is 0.226 e. The first-order chi connectivity index (χ1) is 12.6. The van der Waals surface area contributed by atoms with Gasteiger partial charge < -0.3 is 14.4 Å². The van der Waals surface area contributed by atoms with Crippen LogP contribution in [0.3, 0.4) is 0 Å². The van der Waals surface area contributed by atoms with Crippen LogP contribution in [0.5, 0.6) is 0 Å². The number of rotatable bonds is 13. The van der Waals surface area contributed by atoms with E-state index in [2.05, 4.69) is 62.3 Å². The summed E-state index contributed by atoms with van der Waals surface area (Å²) in [7, 11) is 1.71. The van der Waals surface area contributed by atoms with Crippen molar-refractivity contribution in [2.45, 2.75) is 100.0 Å². The second-order valence-corrected chi connectivity index (χ2v) is 8.94. The molecule has 0 radical (unpaired) electrons. The first kappa shape index (κ1) is 28.6. The molecule has 4 heteroatoms. The SMILES string of the molecule is CCC.CCCCC(CC)C(=O)N(CC)C(C)(C)COCC(C)(C)COC. The molecule has 0 aliphatic carbocycles. The standard InChI is InChI=1S/C20H41NO3.C3H8/c1-9-12-13-17(10-2)18(22)21(11-3)20(6,7)16-24-15-19(4,5)14-23-8;1-3-2/h17H,9-16H2,1-8H3;3H2,1-2H3. The fourth-order valence-electron chi connectivity index (χ4n) is 3.14. The first-order valence-electron chi connectivity index (χ1n) is 10.9. The Balaban J connectivity index is 0. The average Bonchev–Trinajstić information content (AvgIpc) is 2.56. The zero-order chi connectivity index (χ0) is 21.5. The van der Waals surface area contributed by atoms with Gasteiger partial charge >= 0.3 is 0 Å². The fraction of sp³-hybridized carbons (Fsp3) is 0.957. The summed E-state index contributed by atoms with van der Waals surface area (Å²) in [5.41, 5.74) is -0.312. The molecule has 0 aliphatic rings. The number of nitrogens with zero attached hydrogens (tertiary/aromatic N) is 1. The minimum absolute atomic E-state index is 0.0149. The monoisotopic (exact) mass is 387 g/mol. The molecular formula is C23H49NO3. The van der Waals surface area contributed by atoms with Crippen LogP contribution in [0, 0.1) is 11.3 Å². The lowest BCUT2D eigenvalue weighted by molar-refractivity contribution is -0.144. The number of likely N-dealkylation sites (N-methyl/N-ethyl adjacent to an activating group) is 1. The molecule has 27 heavy (non-hydrogen) atoms. The van der Waals surface area contributed by atoms with Gasteiger partial charge in [0.1, 0.15) is 0 Å². The highest BCUT2D eigenvalue weighted by Crippen LogP contribution is 2.24. The van der Waals surface area contributed by atoms with Crippen LogP contribution in [-0.4, -0.2) is 49.8 Å². The molecule has 0 N–H and O–H groups in total. The zero-order valence-corrected chi connectivity index (χ0v) is 20.1. The Labute approximate surface area is 170 Å². The summed E-state index contributed by atoms with van der Waals surface area (Å²) in [6.07, 6.45) is 5.40. The number of ether oxygens (including phenoxy) is 2. The third-order valence-electron chi connectivity index (χ3n) is 4.54. The van der Waals surface area contributed by atoms with Crippen molar-refractivity contribution in [3.63, 3.8) is 0 Å². The lowest BCUT2D eigenvalue weighted by atomic mass is 9.94. The van der Waals surface area contributed by atoms with Crippen LogP contribution in [0.2, 0.25) is 0 Å². The Bertz CT molecular complexity index is 367. The van der Waals surface area contributed by atoms with Gasteiger partial charge in [0.2, 0.25) is 5.91 Å². The van der Waals surface area contributed by atoms with Crippen molar-refractivity contribution in [2.75, 3.05) is 33.5 Å². The van der Waals surface area contributed by atoms with Gasteiger partial charge in [-0.15, -0.1) is 0 Å². The van der Waals surface area contributed by atoms with Crippen molar-refractivity contribution >= 4 is 5.91 Å². The van der Waals surface area contributed by atoms with E-state index in [0.29, 0.717) is 19.8 Å². The van der Waals surface area contributed by atoms with Crippen LogP contribution in [0.15, 0.2) is 0 Å². The molecule has 0 aromatic heterocycles. The Kier molecular flexibility index (Phi) is 16.2. The van der Waals surface area contributed by atoms with E-state index in [4.69, 9.17) is 9.47 Å². The largest absolute Gasteiger partial charge is 0.384 e. The maximum absolute atomic E-state index is 13.0. The zero-order valence-electron chi connectivity index (χ0n) is 20.1. The van der Waals surface area contributed by atoms with Crippen LogP contribution in [0.25, 0.3) is 0 Å². The molecule has 0 saturated carbocycles. The molecule has 164 valence electrons. The molecule has 0 aromatic carbocycles. The minimum atomic E-state index is -0.297. The Morgan fingerprint density at radius 3 is 1.93 bits per heavy atom. The molecule has 0 saturated heterocycles. The van der Waals surface area contributed by atoms with E-state index in [9.17, 15) is 4.79 Å². The molecule has 0 aromatic rings. The Hall–Kier alpha value is -0.610. The highest BCUT2D eigenvalue weighted by Gasteiger charge is 2.33. The molecule has 0 fully saturated rings. The van der Waals surface area contributed by atoms with Gasteiger partial charge in [-0.2, -0.15) is 0 Å². The normalized spacial score (nSPS) is 13.0. The van der Waals surface area contributed by atoms with E-state index < -0.39 is 0 Å². The summed E-state index contributed by atoms with van der Waals surface area (Å²) < 4.78 is 11.2. The maximum Gasteiger partial charge on any atom is 0.226 e. The molecule has 0 spiro atoms. The number of methoxy groups -OCH3 is 1. The van der Waals surface area contributed by atoms with Gasteiger partial charge in [0.25, 0.3) is 0 Å². The number of unbranched alkanes of at least 4 members (excludes halogenated alkanes) is 1. The van der Waals surface area contributed by atoms with Crippen molar-refractivity contribution in [3.8, 4) is 0 Å². The van der Waals surface area contributed by atoms with Gasteiger partial charge in [-0.1, -0.05) is 60.8 Å². The number of carbonyl (C=O) groups is 1. The van der Waals surface area contributed by atoms with Gasteiger partial charge in [-0.3, -0.25) is 4.79 Å². The van der Waals surface area contributed by atoms with Crippen molar-refractivity contribution in [3.05, 3.63) is 0 Å². The van der Waals surface area contributed by atoms with Crippen molar-refractivity contribution < 1.29 is 14.3 Å². The van der Waals surface area contributed by atoms with Gasteiger partial charge in [0.05, 0.1) is 25.4 Å². The lowest BCUT2D eigenvalue weighted by Gasteiger charge is -2.40. The van der Waals surface area contributed by atoms with Crippen LogP contribution >= 0.6 is 0 Å². The summed E-state index contributed by atoms with van der Waals surface area (Å²) in [6.45, 7) is 21.6. The van der Waals surface area contributed by atoms with Gasteiger partial charge in [-0.25, -0.2) is 0 Å². The van der Waals surface area contributed by atoms with Crippen LogP contribution in [0.4, 0.5) is 0 Å². The predicted molar refractivity (Wildman–Crippen MR) is 117 cm³/mol. The maximum atomic E-state index is 13.0. The fourth-order valence-corrected chi connectivity index (χ4v) is 3.14. The average molecular weight is 388 g/mol. The van der Waals surface area contributed by atoms with E-state index in [-0.39, 0.29) is 22.8 Å². The third-order valence-corrected chi connectivity index (χ3v) is 4.54. The summed E-state index contributed by atoms with van der Waals surface area (Å²) in [4.78, 5) is 15.0. The number of hydrogen-bond acceptors (Lipinski definition) is 3. The molecule has 1 amide bonds. The van der Waals surface area contributed by atoms with E-state index in [1.807, 2.05) is 4.90 Å². The van der Waals surface area contributed by atoms with Crippen LogP contribution < -0.4 is 0 Å². The van der Waals surface area contributed by atoms with Gasteiger partial charge in [0, 0.05) is 25.0 Å². The third kappa shape index (κ3) is 12.5. The summed E-state index contributed by atoms with van der Waals surface area (Å²) in [5, 5.41) is 0. The van der Waals surface area contributed by atoms with Crippen LogP contribution in [-0.2, 0) is 14.3 Å².